The number of halogens is 3. The summed E-state index contributed by atoms with van der Waals surface area (Å²) in [5.41, 5.74) is 0.648. The van der Waals surface area contributed by atoms with Crippen LogP contribution in [0.5, 0.6) is 0 Å². The summed E-state index contributed by atoms with van der Waals surface area (Å²) in [6.07, 6.45) is 1.22. The SMILES string of the molecule is CC(F)(F)c1cnc2cc(Br)ccc2c1. The molecule has 78 valence electrons. The van der Waals surface area contributed by atoms with Gasteiger partial charge in [-0.2, -0.15) is 0 Å². The summed E-state index contributed by atoms with van der Waals surface area (Å²) in [5, 5.41) is 0.720. The smallest absolute Gasteiger partial charge is 0.256 e. The van der Waals surface area contributed by atoms with Crippen molar-refractivity contribution in [1.29, 1.82) is 0 Å². The first kappa shape index (κ1) is 10.5. The first-order valence-corrected chi connectivity index (χ1v) is 5.20. The minimum absolute atomic E-state index is 0.0580. The Balaban J connectivity index is 2.62. The third-order valence-electron chi connectivity index (χ3n) is 2.15. The van der Waals surface area contributed by atoms with Gasteiger partial charge in [-0.3, -0.25) is 4.98 Å². The molecule has 1 nitrogen and oxygen atoms in total. The largest absolute Gasteiger partial charge is 0.272 e. The molecule has 15 heavy (non-hydrogen) atoms. The molecule has 0 radical (unpaired) electrons. The first-order chi connectivity index (χ1) is 6.97. The number of benzene rings is 1. The Kier molecular flexibility index (Phi) is 2.46. The molecule has 0 fully saturated rings. The lowest BCUT2D eigenvalue weighted by atomic mass is 10.1. The van der Waals surface area contributed by atoms with Gasteiger partial charge in [0.05, 0.1) is 5.52 Å². The molecular weight excluding hydrogens is 264 g/mol. The van der Waals surface area contributed by atoms with Crippen molar-refractivity contribution >= 4 is 26.8 Å². The molecule has 4 heteroatoms. The van der Waals surface area contributed by atoms with E-state index in [1.54, 1.807) is 12.1 Å². The van der Waals surface area contributed by atoms with Gasteiger partial charge in [0.25, 0.3) is 5.92 Å². The van der Waals surface area contributed by atoms with Crippen LogP contribution < -0.4 is 0 Å². The van der Waals surface area contributed by atoms with Gasteiger partial charge >= 0.3 is 0 Å². The van der Waals surface area contributed by atoms with Crippen LogP contribution in [0.2, 0.25) is 0 Å². The van der Waals surface area contributed by atoms with Gasteiger partial charge in [0, 0.05) is 28.5 Å². The van der Waals surface area contributed by atoms with E-state index in [4.69, 9.17) is 0 Å². The molecule has 0 bridgehead atoms. The van der Waals surface area contributed by atoms with Crippen LogP contribution in [0.1, 0.15) is 12.5 Å². The molecule has 0 unspecified atom stereocenters. The highest BCUT2D eigenvalue weighted by Gasteiger charge is 2.24. The topological polar surface area (TPSA) is 12.9 Å². The molecule has 0 saturated carbocycles. The molecule has 0 aliphatic rings. The van der Waals surface area contributed by atoms with E-state index in [9.17, 15) is 8.78 Å². The molecule has 1 aromatic carbocycles. The number of hydrogen-bond acceptors (Lipinski definition) is 1. The van der Waals surface area contributed by atoms with E-state index >= 15 is 0 Å². The molecule has 0 amide bonds. The molecule has 1 aromatic heterocycles. The van der Waals surface area contributed by atoms with Crippen LogP contribution in [-0.2, 0) is 5.92 Å². The maximum absolute atomic E-state index is 13.0. The number of alkyl halides is 2. The van der Waals surface area contributed by atoms with Gasteiger partial charge in [-0.05, 0) is 18.2 Å². The van der Waals surface area contributed by atoms with E-state index in [2.05, 4.69) is 20.9 Å². The van der Waals surface area contributed by atoms with Crippen molar-refractivity contribution in [2.75, 3.05) is 0 Å². The molecule has 1 heterocycles. The zero-order chi connectivity index (χ0) is 11.1. The first-order valence-electron chi connectivity index (χ1n) is 4.40. The van der Waals surface area contributed by atoms with Crippen LogP contribution in [0, 0.1) is 0 Å². The summed E-state index contributed by atoms with van der Waals surface area (Å²) >= 11 is 3.30. The van der Waals surface area contributed by atoms with Gasteiger partial charge in [-0.15, -0.1) is 0 Å². The Labute approximate surface area is 94.3 Å². The minimum Gasteiger partial charge on any atom is -0.256 e. The van der Waals surface area contributed by atoms with Crippen molar-refractivity contribution in [2.24, 2.45) is 0 Å². The normalized spacial score (nSPS) is 12.0. The molecule has 0 spiro atoms. The summed E-state index contributed by atoms with van der Waals surface area (Å²) in [5.74, 6) is -2.84. The third-order valence-corrected chi connectivity index (χ3v) is 2.65. The quantitative estimate of drug-likeness (QED) is 0.761. The van der Waals surface area contributed by atoms with Crippen LogP contribution in [0.3, 0.4) is 0 Å². The Bertz CT molecular complexity index is 505. The van der Waals surface area contributed by atoms with Crippen LogP contribution >= 0.6 is 15.9 Å². The molecule has 0 saturated heterocycles. The van der Waals surface area contributed by atoms with Crippen molar-refractivity contribution in [3.05, 3.63) is 40.5 Å². The monoisotopic (exact) mass is 271 g/mol. The second kappa shape index (κ2) is 3.52. The fourth-order valence-corrected chi connectivity index (χ4v) is 1.68. The van der Waals surface area contributed by atoms with E-state index < -0.39 is 5.92 Å². The maximum Gasteiger partial charge on any atom is 0.272 e. The fourth-order valence-electron chi connectivity index (χ4n) is 1.33. The third kappa shape index (κ3) is 2.15. The van der Waals surface area contributed by atoms with Gasteiger partial charge in [0.1, 0.15) is 0 Å². The van der Waals surface area contributed by atoms with Crippen LogP contribution in [0.25, 0.3) is 10.9 Å². The lowest BCUT2D eigenvalue weighted by Gasteiger charge is -2.10. The standard InChI is InChI=1S/C11H8BrF2N/c1-11(13,14)8-4-7-2-3-9(12)5-10(7)15-6-8/h2-6H,1H3. The lowest BCUT2D eigenvalue weighted by Crippen LogP contribution is -2.07. The van der Waals surface area contributed by atoms with E-state index in [-0.39, 0.29) is 5.56 Å². The molecule has 0 aliphatic heterocycles. The minimum atomic E-state index is -2.84. The van der Waals surface area contributed by atoms with Crippen molar-refractivity contribution in [3.8, 4) is 0 Å². The Morgan fingerprint density at radius 2 is 2.00 bits per heavy atom. The van der Waals surface area contributed by atoms with E-state index in [1.807, 2.05) is 6.07 Å². The average molecular weight is 272 g/mol. The number of rotatable bonds is 1. The van der Waals surface area contributed by atoms with Gasteiger partial charge < -0.3 is 0 Å². The number of nitrogens with zero attached hydrogens (tertiary/aromatic N) is 1. The highest BCUT2D eigenvalue weighted by atomic mass is 79.9. The number of aromatic nitrogens is 1. The van der Waals surface area contributed by atoms with E-state index in [0.717, 1.165) is 16.8 Å². The van der Waals surface area contributed by atoms with Crippen molar-refractivity contribution in [1.82, 2.24) is 4.98 Å². The molecular formula is C11H8BrF2N. The maximum atomic E-state index is 13.0. The summed E-state index contributed by atoms with van der Waals surface area (Å²) < 4.78 is 26.9. The number of pyridine rings is 1. The fraction of sp³-hybridized carbons (Fsp3) is 0.182. The van der Waals surface area contributed by atoms with Gasteiger partial charge in [0.2, 0.25) is 0 Å². The molecule has 2 aromatic rings. The predicted octanol–water partition coefficient (Wildman–Crippen LogP) is 4.11. The molecule has 0 aliphatic carbocycles. The lowest BCUT2D eigenvalue weighted by molar-refractivity contribution is 0.0173. The summed E-state index contributed by atoms with van der Waals surface area (Å²) in [6, 6.07) is 6.84. The number of hydrogen-bond donors (Lipinski definition) is 0. The Morgan fingerprint density at radius 3 is 2.67 bits per heavy atom. The summed E-state index contributed by atoms with van der Waals surface area (Å²) in [6.45, 7) is 0.870. The van der Waals surface area contributed by atoms with Crippen molar-refractivity contribution in [2.45, 2.75) is 12.8 Å². The summed E-state index contributed by atoms with van der Waals surface area (Å²) in [7, 11) is 0. The van der Waals surface area contributed by atoms with Crippen LogP contribution in [-0.4, -0.2) is 4.98 Å². The second-order valence-corrected chi connectivity index (χ2v) is 4.37. The number of fused-ring (bicyclic) bond motifs is 1. The zero-order valence-corrected chi connectivity index (χ0v) is 9.55. The van der Waals surface area contributed by atoms with E-state index in [1.165, 1.54) is 12.3 Å². The van der Waals surface area contributed by atoms with Gasteiger partial charge in [-0.25, -0.2) is 8.78 Å². The molecule has 2 rings (SSSR count). The zero-order valence-electron chi connectivity index (χ0n) is 7.97. The Morgan fingerprint density at radius 1 is 1.27 bits per heavy atom. The summed E-state index contributed by atoms with van der Waals surface area (Å²) in [4.78, 5) is 4.00. The van der Waals surface area contributed by atoms with Gasteiger partial charge in [0.15, 0.2) is 0 Å². The van der Waals surface area contributed by atoms with Gasteiger partial charge in [-0.1, -0.05) is 22.0 Å². The molecule has 0 atom stereocenters. The van der Waals surface area contributed by atoms with Crippen molar-refractivity contribution in [3.63, 3.8) is 0 Å². The second-order valence-electron chi connectivity index (χ2n) is 3.45. The molecule has 0 N–H and O–H groups in total. The van der Waals surface area contributed by atoms with E-state index in [0.29, 0.717) is 5.52 Å². The average Bonchev–Trinajstić information content (AvgIpc) is 2.15. The van der Waals surface area contributed by atoms with Crippen LogP contribution in [0.4, 0.5) is 8.78 Å². The Hall–Kier alpha value is -1.03. The van der Waals surface area contributed by atoms with Crippen molar-refractivity contribution < 1.29 is 8.78 Å². The highest BCUT2D eigenvalue weighted by molar-refractivity contribution is 9.10. The van der Waals surface area contributed by atoms with Crippen LogP contribution in [0.15, 0.2) is 34.9 Å². The predicted molar refractivity (Wildman–Crippen MR) is 59.0 cm³/mol. The highest BCUT2D eigenvalue weighted by Crippen LogP contribution is 2.29.